The number of benzene rings is 2. The molecule has 2 amide bonds. The zero-order chi connectivity index (χ0) is 21.5. The number of nitrogens with one attached hydrogen (secondary N) is 2. The van der Waals surface area contributed by atoms with E-state index in [0.29, 0.717) is 22.2 Å². The molecule has 2 N–H and O–H groups in total. The fourth-order valence-corrected chi connectivity index (χ4v) is 2.90. The Morgan fingerprint density at radius 3 is 2.60 bits per heavy atom. The van der Waals surface area contributed by atoms with E-state index < -0.39 is 11.8 Å². The van der Waals surface area contributed by atoms with Crippen molar-refractivity contribution in [1.29, 1.82) is 0 Å². The molecule has 2 aromatic carbocycles. The Hall–Kier alpha value is -3.45. The first-order chi connectivity index (χ1) is 14.5. The number of carbonyl (C=O) groups excluding carboxylic acids is 2. The molecule has 30 heavy (non-hydrogen) atoms. The van der Waals surface area contributed by atoms with Crippen molar-refractivity contribution in [2.24, 2.45) is 0 Å². The first-order valence-corrected chi connectivity index (χ1v) is 9.53. The molecule has 0 aliphatic heterocycles. The Morgan fingerprint density at radius 1 is 1.07 bits per heavy atom. The molecule has 0 spiro atoms. The molecule has 8 heteroatoms. The van der Waals surface area contributed by atoms with E-state index in [1.807, 2.05) is 31.2 Å². The lowest BCUT2D eigenvalue weighted by atomic mass is 10.2. The summed E-state index contributed by atoms with van der Waals surface area (Å²) in [5.74, 6) is 0.942. The van der Waals surface area contributed by atoms with E-state index >= 15 is 0 Å². The van der Waals surface area contributed by atoms with Crippen LogP contribution in [0.5, 0.6) is 11.5 Å². The van der Waals surface area contributed by atoms with Crippen LogP contribution in [0.25, 0.3) is 0 Å². The SMILES string of the molecule is COc1ccc(NC(=O)CNC(=O)c2ccc(COc3ccccc3C)o2)cc1Cl. The summed E-state index contributed by atoms with van der Waals surface area (Å²) in [6, 6.07) is 15.7. The van der Waals surface area contributed by atoms with Gasteiger partial charge in [-0.2, -0.15) is 0 Å². The molecule has 0 aliphatic carbocycles. The van der Waals surface area contributed by atoms with Crippen LogP contribution in [0.1, 0.15) is 21.9 Å². The van der Waals surface area contributed by atoms with E-state index in [-0.39, 0.29) is 18.9 Å². The van der Waals surface area contributed by atoms with Crippen LogP contribution in [0.15, 0.2) is 59.0 Å². The zero-order valence-corrected chi connectivity index (χ0v) is 17.3. The molecule has 1 heterocycles. The van der Waals surface area contributed by atoms with Gasteiger partial charge in [-0.3, -0.25) is 9.59 Å². The predicted molar refractivity (Wildman–Crippen MR) is 113 cm³/mol. The topological polar surface area (TPSA) is 89.8 Å². The third-order valence-electron chi connectivity index (χ3n) is 4.19. The minimum atomic E-state index is -0.500. The molecule has 0 bridgehead atoms. The highest BCUT2D eigenvalue weighted by Crippen LogP contribution is 2.27. The van der Waals surface area contributed by atoms with E-state index in [4.69, 9.17) is 25.5 Å². The van der Waals surface area contributed by atoms with Crippen LogP contribution in [0.4, 0.5) is 5.69 Å². The number of hydrogen-bond donors (Lipinski definition) is 2. The molecule has 0 saturated carbocycles. The largest absolute Gasteiger partial charge is 0.495 e. The lowest BCUT2D eigenvalue weighted by Gasteiger charge is -2.08. The first-order valence-electron chi connectivity index (χ1n) is 9.15. The number of ether oxygens (including phenoxy) is 2. The van der Waals surface area contributed by atoms with Gasteiger partial charge in [0, 0.05) is 5.69 Å². The van der Waals surface area contributed by atoms with E-state index in [0.717, 1.165) is 11.3 Å². The molecular formula is C22H21ClN2O5. The first kappa shape index (κ1) is 21.3. The summed E-state index contributed by atoms with van der Waals surface area (Å²) in [6.45, 7) is 1.91. The standard InChI is InChI=1S/C22H21ClN2O5/c1-14-5-3-4-6-18(14)29-13-16-8-10-20(30-16)22(27)24-12-21(26)25-15-7-9-19(28-2)17(23)11-15/h3-11H,12-13H2,1-2H3,(H,24,27)(H,25,26). The lowest BCUT2D eigenvalue weighted by molar-refractivity contribution is -0.115. The molecule has 0 unspecified atom stereocenters. The normalized spacial score (nSPS) is 10.4. The molecule has 7 nitrogen and oxygen atoms in total. The quantitative estimate of drug-likeness (QED) is 0.561. The second-order valence-electron chi connectivity index (χ2n) is 6.40. The van der Waals surface area contributed by atoms with Gasteiger partial charge in [-0.15, -0.1) is 0 Å². The summed E-state index contributed by atoms with van der Waals surface area (Å²) < 4.78 is 16.3. The molecule has 0 aliphatic rings. The van der Waals surface area contributed by atoms with Crippen LogP contribution in [0.2, 0.25) is 5.02 Å². The van der Waals surface area contributed by atoms with Crippen LogP contribution < -0.4 is 20.1 Å². The number of halogens is 1. The second kappa shape index (κ2) is 9.84. The number of anilines is 1. The van der Waals surface area contributed by atoms with Crippen LogP contribution in [0, 0.1) is 6.92 Å². The molecule has 0 saturated heterocycles. The number of hydrogen-bond acceptors (Lipinski definition) is 5. The Bertz CT molecular complexity index is 1050. The van der Waals surface area contributed by atoms with Crippen LogP contribution in [-0.4, -0.2) is 25.5 Å². The van der Waals surface area contributed by atoms with Crippen molar-refractivity contribution in [1.82, 2.24) is 5.32 Å². The predicted octanol–water partition coefficient (Wildman–Crippen LogP) is 4.20. The highest BCUT2D eigenvalue weighted by molar-refractivity contribution is 6.32. The second-order valence-corrected chi connectivity index (χ2v) is 6.81. The molecular weight excluding hydrogens is 408 g/mol. The summed E-state index contributed by atoms with van der Waals surface area (Å²) >= 11 is 6.03. The smallest absolute Gasteiger partial charge is 0.287 e. The number of aryl methyl sites for hydroxylation is 1. The van der Waals surface area contributed by atoms with Crippen molar-refractivity contribution >= 4 is 29.1 Å². The van der Waals surface area contributed by atoms with Gasteiger partial charge < -0.3 is 24.5 Å². The maximum atomic E-state index is 12.2. The maximum Gasteiger partial charge on any atom is 0.287 e. The number of rotatable bonds is 8. The van der Waals surface area contributed by atoms with Crippen LogP contribution >= 0.6 is 11.6 Å². The number of methoxy groups -OCH3 is 1. The van der Waals surface area contributed by atoms with Gasteiger partial charge in [0.05, 0.1) is 18.7 Å². The van der Waals surface area contributed by atoms with Crippen molar-refractivity contribution in [3.05, 3.63) is 76.7 Å². The van der Waals surface area contributed by atoms with Crippen molar-refractivity contribution in [3.8, 4) is 11.5 Å². The Labute approximate surface area is 178 Å². The number of carbonyl (C=O) groups is 2. The molecule has 3 rings (SSSR count). The summed E-state index contributed by atoms with van der Waals surface area (Å²) in [6.07, 6.45) is 0. The van der Waals surface area contributed by atoms with E-state index in [1.54, 1.807) is 24.3 Å². The third kappa shape index (κ3) is 5.55. The molecule has 0 fully saturated rings. The Kier molecular flexibility index (Phi) is 6.98. The van der Waals surface area contributed by atoms with Gasteiger partial charge in [-0.1, -0.05) is 29.8 Å². The highest BCUT2D eigenvalue weighted by atomic mass is 35.5. The maximum absolute atomic E-state index is 12.2. The summed E-state index contributed by atoms with van der Waals surface area (Å²) in [5, 5.41) is 5.53. The molecule has 156 valence electrons. The minimum Gasteiger partial charge on any atom is -0.495 e. The monoisotopic (exact) mass is 428 g/mol. The molecule has 3 aromatic rings. The Morgan fingerprint density at radius 2 is 1.87 bits per heavy atom. The zero-order valence-electron chi connectivity index (χ0n) is 16.5. The minimum absolute atomic E-state index is 0.0960. The van der Waals surface area contributed by atoms with Gasteiger partial charge >= 0.3 is 0 Å². The van der Waals surface area contributed by atoms with E-state index in [1.165, 1.54) is 13.2 Å². The fourth-order valence-electron chi connectivity index (χ4n) is 2.64. The van der Waals surface area contributed by atoms with Crippen molar-refractivity contribution < 1.29 is 23.5 Å². The van der Waals surface area contributed by atoms with E-state index in [9.17, 15) is 9.59 Å². The third-order valence-corrected chi connectivity index (χ3v) is 4.49. The number of amides is 2. The Balaban J connectivity index is 1.48. The van der Waals surface area contributed by atoms with Gasteiger partial charge in [-0.05, 0) is 48.9 Å². The van der Waals surface area contributed by atoms with Gasteiger partial charge in [0.1, 0.15) is 23.9 Å². The molecule has 0 radical (unpaired) electrons. The summed E-state index contributed by atoms with van der Waals surface area (Å²) in [7, 11) is 1.50. The number of furan rings is 1. The molecule has 0 atom stereocenters. The highest BCUT2D eigenvalue weighted by Gasteiger charge is 2.13. The van der Waals surface area contributed by atoms with Gasteiger partial charge in [-0.25, -0.2) is 0 Å². The number of para-hydroxylation sites is 1. The average molecular weight is 429 g/mol. The van der Waals surface area contributed by atoms with Crippen molar-refractivity contribution in [3.63, 3.8) is 0 Å². The lowest BCUT2D eigenvalue weighted by Crippen LogP contribution is -2.32. The average Bonchev–Trinajstić information content (AvgIpc) is 3.21. The molecule has 1 aromatic heterocycles. The van der Waals surface area contributed by atoms with Gasteiger partial charge in [0.25, 0.3) is 5.91 Å². The summed E-state index contributed by atoms with van der Waals surface area (Å²) in [4.78, 5) is 24.3. The van der Waals surface area contributed by atoms with Gasteiger partial charge in [0.2, 0.25) is 5.91 Å². The summed E-state index contributed by atoms with van der Waals surface area (Å²) in [5.41, 5.74) is 1.50. The fraction of sp³-hybridized carbons (Fsp3) is 0.182. The van der Waals surface area contributed by atoms with Crippen molar-refractivity contribution in [2.45, 2.75) is 13.5 Å². The van der Waals surface area contributed by atoms with Gasteiger partial charge in [0.15, 0.2) is 5.76 Å². The van der Waals surface area contributed by atoms with Crippen molar-refractivity contribution in [2.75, 3.05) is 19.0 Å². The van der Waals surface area contributed by atoms with E-state index in [2.05, 4.69) is 10.6 Å². The van der Waals surface area contributed by atoms with Crippen LogP contribution in [0.3, 0.4) is 0 Å². The van der Waals surface area contributed by atoms with Crippen LogP contribution in [-0.2, 0) is 11.4 Å².